The number of ether oxygens (including phenoxy) is 2. The van der Waals surface area contributed by atoms with Crippen LogP contribution in [0, 0.1) is 0 Å². The van der Waals surface area contributed by atoms with Crippen LogP contribution in [-0.2, 0) is 4.79 Å². The first-order chi connectivity index (χ1) is 14.5. The predicted molar refractivity (Wildman–Crippen MR) is 129 cm³/mol. The summed E-state index contributed by atoms with van der Waals surface area (Å²) in [4.78, 5) is 21.6. The molecular weight excluding hydrogens is 457 g/mol. The SMILES string of the molecule is CN(C)CCCN(C(=O)/C=C/c1ccccc1Cl)c1nc2cc3c(cc2s1)OCO3.Cl. The second kappa shape index (κ2) is 10.3. The van der Waals surface area contributed by atoms with E-state index >= 15 is 0 Å². The Kier molecular flexibility index (Phi) is 7.78. The number of rotatable bonds is 7. The molecule has 31 heavy (non-hydrogen) atoms. The van der Waals surface area contributed by atoms with E-state index in [0.29, 0.717) is 28.2 Å². The van der Waals surface area contributed by atoms with Gasteiger partial charge in [-0.05, 0) is 44.8 Å². The van der Waals surface area contributed by atoms with Gasteiger partial charge in [-0.2, -0.15) is 0 Å². The van der Waals surface area contributed by atoms with E-state index in [1.807, 2.05) is 44.4 Å². The highest BCUT2D eigenvalue weighted by atomic mass is 35.5. The molecule has 0 fully saturated rings. The topological polar surface area (TPSA) is 54.9 Å². The number of hydrogen-bond donors (Lipinski definition) is 0. The molecule has 0 saturated carbocycles. The molecule has 0 saturated heterocycles. The average Bonchev–Trinajstić information content (AvgIpc) is 3.34. The summed E-state index contributed by atoms with van der Waals surface area (Å²) in [5.74, 6) is 1.26. The summed E-state index contributed by atoms with van der Waals surface area (Å²) in [6.45, 7) is 1.66. The standard InChI is InChI=1S/C22H22ClN3O3S.ClH/c1-25(2)10-5-11-26(21(27)9-8-15-6-3-4-7-16(15)23)22-24-17-12-18-19(29-14-28-18)13-20(17)30-22;/h3-4,6-9,12-13H,5,10-11,14H2,1-2H3;1H/b9-8+;. The molecule has 9 heteroatoms. The van der Waals surface area contributed by atoms with Gasteiger partial charge in [-0.15, -0.1) is 12.4 Å². The average molecular weight is 480 g/mol. The molecule has 0 atom stereocenters. The van der Waals surface area contributed by atoms with Crippen LogP contribution >= 0.6 is 35.3 Å². The predicted octanol–water partition coefficient (Wildman–Crippen LogP) is 5.10. The molecule has 0 N–H and O–H groups in total. The molecule has 2 aromatic carbocycles. The third-order valence-corrected chi connectivity index (χ3v) is 6.05. The summed E-state index contributed by atoms with van der Waals surface area (Å²) >= 11 is 7.68. The lowest BCUT2D eigenvalue weighted by atomic mass is 10.2. The number of halogens is 2. The Morgan fingerprint density at radius 2 is 1.94 bits per heavy atom. The maximum Gasteiger partial charge on any atom is 0.252 e. The third kappa shape index (κ3) is 5.49. The first-order valence-electron chi connectivity index (χ1n) is 9.60. The van der Waals surface area contributed by atoms with Crippen molar-refractivity contribution >= 4 is 62.7 Å². The van der Waals surface area contributed by atoms with Crippen LogP contribution in [0.2, 0.25) is 5.02 Å². The highest BCUT2D eigenvalue weighted by molar-refractivity contribution is 7.22. The number of fused-ring (bicyclic) bond motifs is 2. The Morgan fingerprint density at radius 1 is 1.19 bits per heavy atom. The quantitative estimate of drug-likeness (QED) is 0.441. The van der Waals surface area contributed by atoms with Crippen molar-refractivity contribution in [3.8, 4) is 11.5 Å². The van der Waals surface area contributed by atoms with Gasteiger partial charge < -0.3 is 14.4 Å². The maximum absolute atomic E-state index is 13.1. The molecule has 0 bridgehead atoms. The molecule has 0 aliphatic carbocycles. The monoisotopic (exact) mass is 479 g/mol. The molecule has 4 rings (SSSR count). The minimum atomic E-state index is -0.132. The second-order valence-corrected chi connectivity index (χ2v) is 8.59. The van der Waals surface area contributed by atoms with Gasteiger partial charge in [-0.3, -0.25) is 9.69 Å². The molecule has 1 aliphatic heterocycles. The van der Waals surface area contributed by atoms with Gasteiger partial charge in [-0.25, -0.2) is 4.98 Å². The molecule has 0 unspecified atom stereocenters. The highest BCUT2D eigenvalue weighted by Gasteiger charge is 2.21. The van der Waals surface area contributed by atoms with Crippen molar-refractivity contribution in [2.45, 2.75) is 6.42 Å². The molecule has 1 aromatic heterocycles. The summed E-state index contributed by atoms with van der Waals surface area (Å²) in [7, 11) is 4.03. The van der Waals surface area contributed by atoms with Gasteiger partial charge in [0.2, 0.25) is 6.79 Å². The Bertz CT molecular complexity index is 1060. The normalized spacial score (nSPS) is 12.5. The van der Waals surface area contributed by atoms with Gasteiger partial charge in [-0.1, -0.05) is 41.1 Å². The number of anilines is 1. The zero-order chi connectivity index (χ0) is 21.1. The van der Waals surface area contributed by atoms with Crippen molar-refractivity contribution < 1.29 is 14.3 Å². The number of benzene rings is 2. The van der Waals surface area contributed by atoms with E-state index in [4.69, 9.17) is 26.1 Å². The van der Waals surface area contributed by atoms with Crippen molar-refractivity contribution in [2.24, 2.45) is 0 Å². The molecule has 6 nitrogen and oxygen atoms in total. The molecule has 2 heterocycles. The van der Waals surface area contributed by atoms with E-state index in [9.17, 15) is 4.79 Å². The number of aromatic nitrogens is 1. The Balaban J connectivity index is 0.00000272. The highest BCUT2D eigenvalue weighted by Crippen LogP contribution is 2.39. The zero-order valence-electron chi connectivity index (χ0n) is 17.2. The minimum absolute atomic E-state index is 0. The first-order valence-corrected chi connectivity index (χ1v) is 10.8. The second-order valence-electron chi connectivity index (χ2n) is 7.17. The largest absolute Gasteiger partial charge is 0.454 e. The summed E-state index contributed by atoms with van der Waals surface area (Å²) in [5.41, 5.74) is 1.59. The van der Waals surface area contributed by atoms with Crippen LogP contribution < -0.4 is 14.4 Å². The van der Waals surface area contributed by atoms with Crippen LogP contribution in [0.25, 0.3) is 16.3 Å². The summed E-state index contributed by atoms with van der Waals surface area (Å²) in [6, 6.07) is 11.2. The maximum atomic E-state index is 13.1. The number of hydrogen-bond acceptors (Lipinski definition) is 6. The number of carbonyl (C=O) groups is 1. The lowest BCUT2D eigenvalue weighted by Crippen LogP contribution is -2.32. The van der Waals surface area contributed by atoms with Gasteiger partial charge >= 0.3 is 0 Å². The zero-order valence-corrected chi connectivity index (χ0v) is 19.6. The summed E-state index contributed by atoms with van der Waals surface area (Å²) in [6.07, 6.45) is 4.12. The van der Waals surface area contributed by atoms with E-state index in [1.165, 1.54) is 11.3 Å². The fourth-order valence-corrected chi connectivity index (χ4v) is 4.33. The Morgan fingerprint density at radius 3 is 2.68 bits per heavy atom. The third-order valence-electron chi connectivity index (χ3n) is 4.67. The van der Waals surface area contributed by atoms with Gasteiger partial charge in [0.15, 0.2) is 16.6 Å². The van der Waals surface area contributed by atoms with Crippen molar-refractivity contribution in [1.29, 1.82) is 0 Å². The van der Waals surface area contributed by atoms with E-state index in [0.717, 1.165) is 28.7 Å². The van der Waals surface area contributed by atoms with Crippen LogP contribution in [0.3, 0.4) is 0 Å². The van der Waals surface area contributed by atoms with Crippen LogP contribution in [0.15, 0.2) is 42.5 Å². The Labute approximate surface area is 196 Å². The number of thiazole rings is 1. The molecule has 164 valence electrons. The minimum Gasteiger partial charge on any atom is -0.454 e. The molecule has 0 radical (unpaired) electrons. The number of amides is 1. The van der Waals surface area contributed by atoms with E-state index in [2.05, 4.69) is 4.90 Å². The van der Waals surface area contributed by atoms with Crippen molar-refractivity contribution in [3.63, 3.8) is 0 Å². The lowest BCUT2D eigenvalue weighted by Gasteiger charge is -2.19. The van der Waals surface area contributed by atoms with Crippen LogP contribution in [0.1, 0.15) is 12.0 Å². The smallest absolute Gasteiger partial charge is 0.252 e. The van der Waals surface area contributed by atoms with Crippen LogP contribution in [0.5, 0.6) is 11.5 Å². The van der Waals surface area contributed by atoms with Gasteiger partial charge in [0.25, 0.3) is 5.91 Å². The van der Waals surface area contributed by atoms with Crippen LogP contribution in [0.4, 0.5) is 5.13 Å². The fraction of sp³-hybridized carbons (Fsp3) is 0.273. The molecule has 3 aromatic rings. The van der Waals surface area contributed by atoms with Crippen molar-refractivity contribution in [1.82, 2.24) is 9.88 Å². The van der Waals surface area contributed by atoms with E-state index in [-0.39, 0.29) is 25.1 Å². The summed E-state index contributed by atoms with van der Waals surface area (Å²) < 4.78 is 11.9. The fourth-order valence-electron chi connectivity index (χ4n) is 3.13. The van der Waals surface area contributed by atoms with Gasteiger partial charge in [0, 0.05) is 29.8 Å². The van der Waals surface area contributed by atoms with Crippen molar-refractivity contribution in [3.05, 3.63) is 53.1 Å². The van der Waals surface area contributed by atoms with E-state index < -0.39 is 0 Å². The van der Waals surface area contributed by atoms with Gasteiger partial charge in [0.05, 0.1) is 10.2 Å². The number of carbonyl (C=O) groups excluding carboxylic acids is 1. The lowest BCUT2D eigenvalue weighted by molar-refractivity contribution is -0.114. The molecule has 0 spiro atoms. The van der Waals surface area contributed by atoms with Gasteiger partial charge in [0.1, 0.15) is 0 Å². The molecule has 1 aliphatic rings. The summed E-state index contributed by atoms with van der Waals surface area (Å²) in [5, 5.41) is 1.26. The molecular formula is C22H23Cl2N3O3S. The number of nitrogens with zero attached hydrogens (tertiary/aromatic N) is 3. The molecule has 1 amide bonds. The first kappa shape index (κ1) is 23.3. The van der Waals surface area contributed by atoms with E-state index in [1.54, 1.807) is 23.1 Å². The van der Waals surface area contributed by atoms with Crippen LogP contribution in [-0.4, -0.2) is 49.8 Å². The Hall–Kier alpha value is -2.32. The van der Waals surface area contributed by atoms with Crippen molar-refractivity contribution in [2.75, 3.05) is 38.9 Å².